The molecule has 1 rings (SSSR count). The molecule has 1 amide bonds. The molecule has 118 valence electrons. The first-order valence-corrected chi connectivity index (χ1v) is 8.61. The Hall–Kier alpha value is -0.700. The van der Waals surface area contributed by atoms with Crippen LogP contribution in [0.3, 0.4) is 0 Å². The number of nitrogens with zero attached hydrogens (tertiary/aromatic N) is 3. The van der Waals surface area contributed by atoms with Gasteiger partial charge in [-0.25, -0.2) is 8.42 Å². The van der Waals surface area contributed by atoms with Gasteiger partial charge < -0.3 is 14.5 Å². The van der Waals surface area contributed by atoms with Crippen LogP contribution in [0.2, 0.25) is 0 Å². The monoisotopic (exact) mass is 307 g/mol. The van der Waals surface area contributed by atoms with Crippen LogP contribution in [0, 0.1) is 0 Å². The van der Waals surface area contributed by atoms with Gasteiger partial charge >= 0.3 is 0 Å². The molecule has 0 bridgehead atoms. The van der Waals surface area contributed by atoms with Gasteiger partial charge in [0.25, 0.3) is 0 Å². The summed E-state index contributed by atoms with van der Waals surface area (Å²) in [6.45, 7) is 3.19. The van der Waals surface area contributed by atoms with Crippen molar-refractivity contribution in [3.05, 3.63) is 0 Å². The van der Waals surface area contributed by atoms with Gasteiger partial charge in [-0.1, -0.05) is 0 Å². The molecule has 0 aromatic heterocycles. The second-order valence-electron chi connectivity index (χ2n) is 5.25. The largest absolute Gasteiger partial charge is 0.378 e. The van der Waals surface area contributed by atoms with Crippen LogP contribution in [0.5, 0.6) is 0 Å². The molecule has 0 atom stereocenters. The molecular weight excluding hydrogens is 282 g/mol. The number of amides is 1. The molecule has 0 aromatic rings. The van der Waals surface area contributed by atoms with E-state index in [-0.39, 0.29) is 12.5 Å². The second kappa shape index (κ2) is 7.92. The fourth-order valence-corrected chi connectivity index (χ4v) is 2.79. The summed E-state index contributed by atoms with van der Waals surface area (Å²) in [4.78, 5) is 15.8. The molecule has 0 N–H and O–H groups in total. The van der Waals surface area contributed by atoms with Gasteiger partial charge in [0.1, 0.15) is 0 Å². The Labute approximate surface area is 121 Å². The summed E-state index contributed by atoms with van der Waals surface area (Å²) in [7, 11) is 0.508. The van der Waals surface area contributed by atoms with E-state index in [1.807, 2.05) is 19.0 Å². The molecule has 0 aromatic carbocycles. The number of rotatable bonds is 7. The Kier molecular flexibility index (Phi) is 6.87. The first-order valence-electron chi connectivity index (χ1n) is 6.76. The van der Waals surface area contributed by atoms with E-state index in [1.165, 1.54) is 4.31 Å². The van der Waals surface area contributed by atoms with Crippen LogP contribution in [-0.4, -0.2) is 94.7 Å². The third kappa shape index (κ3) is 6.17. The van der Waals surface area contributed by atoms with E-state index < -0.39 is 10.0 Å². The number of ether oxygens (including phenoxy) is 1. The van der Waals surface area contributed by atoms with Crippen LogP contribution in [0.4, 0.5) is 0 Å². The maximum atomic E-state index is 12.1. The molecule has 0 aliphatic carbocycles. The van der Waals surface area contributed by atoms with E-state index >= 15 is 0 Å². The van der Waals surface area contributed by atoms with Crippen molar-refractivity contribution in [3.63, 3.8) is 0 Å². The van der Waals surface area contributed by atoms with E-state index in [0.717, 1.165) is 12.8 Å². The van der Waals surface area contributed by atoms with E-state index in [4.69, 9.17) is 4.74 Å². The number of hydrogen-bond donors (Lipinski definition) is 0. The van der Waals surface area contributed by atoms with E-state index in [2.05, 4.69) is 0 Å². The topological polar surface area (TPSA) is 70.2 Å². The number of morpholine rings is 1. The summed E-state index contributed by atoms with van der Waals surface area (Å²) in [6, 6.07) is 0. The average Bonchev–Trinajstić information content (AvgIpc) is 2.37. The molecule has 1 aliphatic rings. The quantitative estimate of drug-likeness (QED) is 0.607. The van der Waals surface area contributed by atoms with Crippen molar-refractivity contribution >= 4 is 15.9 Å². The highest BCUT2D eigenvalue weighted by Gasteiger charge is 2.24. The van der Waals surface area contributed by atoms with Gasteiger partial charge in [0.05, 0.1) is 26.0 Å². The SMILES string of the molecule is CN(C)CCCN(CC(=O)N1CCOCC1)S(C)(=O)=O. The highest BCUT2D eigenvalue weighted by atomic mass is 32.2. The summed E-state index contributed by atoms with van der Waals surface area (Å²) in [5, 5.41) is 0. The highest BCUT2D eigenvalue weighted by molar-refractivity contribution is 7.88. The van der Waals surface area contributed by atoms with Crippen LogP contribution >= 0.6 is 0 Å². The van der Waals surface area contributed by atoms with Crippen molar-refractivity contribution in [2.75, 3.05) is 66.3 Å². The maximum Gasteiger partial charge on any atom is 0.238 e. The molecule has 20 heavy (non-hydrogen) atoms. The van der Waals surface area contributed by atoms with Crippen molar-refractivity contribution in [2.45, 2.75) is 6.42 Å². The van der Waals surface area contributed by atoms with E-state index in [1.54, 1.807) is 4.90 Å². The summed E-state index contributed by atoms with van der Waals surface area (Å²) >= 11 is 0. The average molecular weight is 307 g/mol. The molecule has 0 radical (unpaired) electrons. The van der Waals surface area contributed by atoms with Gasteiger partial charge in [-0.3, -0.25) is 4.79 Å². The molecule has 1 heterocycles. The molecule has 1 fully saturated rings. The molecule has 1 saturated heterocycles. The second-order valence-corrected chi connectivity index (χ2v) is 7.23. The van der Waals surface area contributed by atoms with Crippen LogP contribution in [0.1, 0.15) is 6.42 Å². The molecule has 0 saturated carbocycles. The van der Waals surface area contributed by atoms with Crippen LogP contribution in [-0.2, 0) is 19.6 Å². The highest BCUT2D eigenvalue weighted by Crippen LogP contribution is 2.04. The predicted molar refractivity (Wildman–Crippen MR) is 77.0 cm³/mol. The molecule has 8 heteroatoms. The predicted octanol–water partition coefficient (Wildman–Crippen LogP) is -0.941. The van der Waals surface area contributed by atoms with Crippen molar-refractivity contribution in [3.8, 4) is 0 Å². The minimum atomic E-state index is -3.36. The molecule has 7 nitrogen and oxygen atoms in total. The number of carbonyl (C=O) groups excluding carboxylic acids is 1. The first kappa shape index (κ1) is 17.4. The molecular formula is C12H25N3O4S. The lowest BCUT2D eigenvalue weighted by Crippen LogP contribution is -2.47. The first-order chi connectivity index (χ1) is 9.30. The zero-order valence-electron chi connectivity index (χ0n) is 12.5. The lowest BCUT2D eigenvalue weighted by atomic mass is 10.3. The lowest BCUT2D eigenvalue weighted by molar-refractivity contribution is -0.135. The van der Waals surface area contributed by atoms with Crippen molar-refractivity contribution < 1.29 is 17.9 Å². The van der Waals surface area contributed by atoms with Crippen LogP contribution in [0.15, 0.2) is 0 Å². The van der Waals surface area contributed by atoms with Gasteiger partial charge in [0, 0.05) is 19.6 Å². The zero-order chi connectivity index (χ0) is 15.2. The molecule has 0 spiro atoms. The van der Waals surface area contributed by atoms with Crippen molar-refractivity contribution in [1.82, 2.24) is 14.1 Å². The summed E-state index contributed by atoms with van der Waals surface area (Å²) in [5.41, 5.74) is 0. The maximum absolute atomic E-state index is 12.1. The number of sulfonamides is 1. The lowest BCUT2D eigenvalue weighted by Gasteiger charge is -2.29. The standard InChI is InChI=1S/C12H25N3O4S/c1-13(2)5-4-6-15(20(3,17)18)11-12(16)14-7-9-19-10-8-14/h4-11H2,1-3H3. The van der Waals surface area contributed by atoms with Crippen LogP contribution < -0.4 is 0 Å². The van der Waals surface area contributed by atoms with Gasteiger partial charge in [0.15, 0.2) is 0 Å². The zero-order valence-corrected chi connectivity index (χ0v) is 13.4. The van der Waals surface area contributed by atoms with Gasteiger partial charge in [-0.2, -0.15) is 4.31 Å². The van der Waals surface area contributed by atoms with Gasteiger partial charge in [-0.05, 0) is 27.1 Å². The molecule has 0 unspecified atom stereocenters. The summed E-state index contributed by atoms with van der Waals surface area (Å²) in [5.74, 6) is -0.149. The fourth-order valence-electron chi connectivity index (χ4n) is 1.99. The van der Waals surface area contributed by atoms with E-state index in [9.17, 15) is 13.2 Å². The minimum Gasteiger partial charge on any atom is -0.378 e. The summed E-state index contributed by atoms with van der Waals surface area (Å²) < 4.78 is 29.9. The van der Waals surface area contributed by atoms with Crippen molar-refractivity contribution in [1.29, 1.82) is 0 Å². The minimum absolute atomic E-state index is 0.0771. The Bertz CT molecular complexity index is 405. The Morgan fingerprint density at radius 2 is 1.80 bits per heavy atom. The smallest absolute Gasteiger partial charge is 0.238 e. The normalized spacial score (nSPS) is 16.9. The van der Waals surface area contributed by atoms with Crippen LogP contribution in [0.25, 0.3) is 0 Å². The number of carbonyl (C=O) groups is 1. The van der Waals surface area contributed by atoms with Crippen molar-refractivity contribution in [2.24, 2.45) is 0 Å². The van der Waals surface area contributed by atoms with Gasteiger partial charge in [-0.15, -0.1) is 0 Å². The van der Waals surface area contributed by atoms with Gasteiger partial charge in [0.2, 0.25) is 15.9 Å². The Morgan fingerprint density at radius 3 is 2.30 bits per heavy atom. The third-order valence-electron chi connectivity index (χ3n) is 3.16. The summed E-state index contributed by atoms with van der Waals surface area (Å²) in [6.07, 6.45) is 1.85. The Morgan fingerprint density at radius 1 is 1.20 bits per heavy atom. The Balaban J connectivity index is 2.53. The third-order valence-corrected chi connectivity index (χ3v) is 4.41. The molecule has 1 aliphatic heterocycles. The van der Waals surface area contributed by atoms with E-state index in [0.29, 0.717) is 39.3 Å². The number of hydrogen-bond acceptors (Lipinski definition) is 5. The fraction of sp³-hybridized carbons (Fsp3) is 0.917.